The number of hydrogen-bond donors (Lipinski definition) is 1. The van der Waals surface area contributed by atoms with Crippen molar-refractivity contribution in [2.75, 3.05) is 7.05 Å². The number of carbonyl (C=O) groups excluding carboxylic acids is 1. The molecule has 1 heterocycles. The van der Waals surface area contributed by atoms with Crippen molar-refractivity contribution in [2.24, 2.45) is 5.73 Å². The second kappa shape index (κ2) is 8.66. The van der Waals surface area contributed by atoms with Gasteiger partial charge in [0.1, 0.15) is 5.82 Å². The highest BCUT2D eigenvalue weighted by Gasteiger charge is 2.29. The normalized spacial score (nSPS) is 11.9. The highest BCUT2D eigenvalue weighted by Crippen LogP contribution is 2.29. The fraction of sp³-hybridized carbons (Fsp3) is 0.471. The first-order valence-corrected chi connectivity index (χ1v) is 8.82. The lowest BCUT2D eigenvalue weighted by Gasteiger charge is -2.17. The maximum atomic E-state index is 12.6. The van der Waals surface area contributed by atoms with Gasteiger partial charge in [0.15, 0.2) is 4.77 Å². The average molecular weight is 401 g/mol. The summed E-state index contributed by atoms with van der Waals surface area (Å²) in [7, 11) is 1.83. The van der Waals surface area contributed by atoms with Crippen LogP contribution in [0, 0.1) is 4.77 Å². The minimum Gasteiger partial charge on any atom is -0.370 e. The number of rotatable bonds is 8. The van der Waals surface area contributed by atoms with Gasteiger partial charge in [-0.2, -0.15) is 18.3 Å². The van der Waals surface area contributed by atoms with Gasteiger partial charge in [0, 0.05) is 25.9 Å². The molecule has 6 nitrogen and oxygen atoms in total. The van der Waals surface area contributed by atoms with Crippen LogP contribution in [-0.2, 0) is 37.1 Å². The molecule has 0 radical (unpaired) electrons. The summed E-state index contributed by atoms with van der Waals surface area (Å²) in [6.07, 6.45) is -3.75. The van der Waals surface area contributed by atoms with Gasteiger partial charge in [0.05, 0.1) is 12.2 Å². The van der Waals surface area contributed by atoms with Crippen LogP contribution in [0.3, 0.4) is 0 Å². The molecule has 10 heteroatoms. The van der Waals surface area contributed by atoms with E-state index < -0.39 is 17.6 Å². The summed E-state index contributed by atoms with van der Waals surface area (Å²) in [6.45, 7) is 3.36. The Morgan fingerprint density at radius 1 is 1.30 bits per heavy atom. The van der Waals surface area contributed by atoms with Crippen LogP contribution in [0.2, 0.25) is 0 Å². The lowest BCUT2D eigenvalue weighted by molar-refractivity contribution is -0.137. The first-order chi connectivity index (χ1) is 12.6. The smallest absolute Gasteiger partial charge is 0.370 e. The number of halogens is 3. The predicted molar refractivity (Wildman–Crippen MR) is 97.2 cm³/mol. The predicted octanol–water partition coefficient (Wildman–Crippen LogP) is 2.96. The van der Waals surface area contributed by atoms with Crippen molar-refractivity contribution in [1.82, 2.24) is 19.2 Å². The summed E-state index contributed by atoms with van der Waals surface area (Å²) in [4.78, 5) is 12.9. The van der Waals surface area contributed by atoms with E-state index in [2.05, 4.69) is 5.10 Å². The summed E-state index contributed by atoms with van der Waals surface area (Å²) in [5.74, 6) is 0.279. The van der Waals surface area contributed by atoms with E-state index in [-0.39, 0.29) is 6.42 Å². The Bertz CT molecular complexity index is 842. The maximum Gasteiger partial charge on any atom is 0.416 e. The second-order valence-corrected chi connectivity index (χ2v) is 6.62. The van der Waals surface area contributed by atoms with Gasteiger partial charge in [0.25, 0.3) is 0 Å². The molecule has 0 aliphatic heterocycles. The van der Waals surface area contributed by atoms with Crippen LogP contribution >= 0.6 is 12.2 Å². The van der Waals surface area contributed by atoms with E-state index in [9.17, 15) is 18.0 Å². The van der Waals surface area contributed by atoms with E-state index in [4.69, 9.17) is 18.0 Å². The largest absolute Gasteiger partial charge is 0.416 e. The number of carbonyl (C=O) groups is 1. The van der Waals surface area contributed by atoms with E-state index >= 15 is 0 Å². The zero-order valence-corrected chi connectivity index (χ0v) is 16.0. The molecule has 2 aromatic rings. The Hall–Kier alpha value is -2.20. The second-order valence-electron chi connectivity index (χ2n) is 6.26. The molecule has 27 heavy (non-hydrogen) atoms. The highest BCUT2D eigenvalue weighted by atomic mass is 32.1. The summed E-state index contributed by atoms with van der Waals surface area (Å²) in [5.41, 5.74) is 5.27. The van der Waals surface area contributed by atoms with E-state index in [0.717, 1.165) is 17.7 Å². The average Bonchev–Trinajstić information content (AvgIpc) is 2.87. The number of nitrogens with two attached hydrogens (primary N) is 1. The fourth-order valence-electron chi connectivity index (χ4n) is 2.71. The van der Waals surface area contributed by atoms with Gasteiger partial charge in [0.2, 0.25) is 5.91 Å². The third-order valence-corrected chi connectivity index (χ3v) is 4.45. The van der Waals surface area contributed by atoms with Crippen LogP contribution in [0.15, 0.2) is 24.3 Å². The van der Waals surface area contributed by atoms with Crippen LogP contribution in [0.4, 0.5) is 13.2 Å². The molecule has 0 saturated heterocycles. The van der Waals surface area contributed by atoms with Crippen molar-refractivity contribution in [1.29, 1.82) is 0 Å². The van der Waals surface area contributed by atoms with E-state index in [1.165, 1.54) is 12.1 Å². The van der Waals surface area contributed by atoms with Crippen molar-refractivity contribution in [3.8, 4) is 0 Å². The number of aryl methyl sites for hydroxylation is 1. The molecule has 1 amide bonds. The van der Waals surface area contributed by atoms with Crippen LogP contribution in [0.25, 0.3) is 0 Å². The molecule has 0 aliphatic rings. The molecule has 2 N–H and O–H groups in total. The number of hydrogen-bond acceptors (Lipinski definition) is 4. The molecule has 0 fully saturated rings. The lowest BCUT2D eigenvalue weighted by Crippen LogP contribution is -2.22. The minimum atomic E-state index is -4.34. The van der Waals surface area contributed by atoms with Gasteiger partial charge < -0.3 is 10.3 Å². The molecule has 0 spiro atoms. The lowest BCUT2D eigenvalue weighted by atomic mass is 10.1. The first-order valence-electron chi connectivity index (χ1n) is 8.41. The number of nitrogens with zero attached hydrogens (tertiary/aromatic N) is 4. The topological polar surface area (TPSA) is 69.1 Å². The minimum absolute atomic E-state index is 0.188. The van der Waals surface area contributed by atoms with E-state index in [0.29, 0.717) is 36.8 Å². The standard InChI is InChI=1S/C17H22F3N5OS/c1-3-24-15(9-8-14(21)26)22-25(16(24)27)11-23(2)10-12-4-6-13(7-5-12)17(18,19)20/h4-7H,3,8-11H2,1-2H3,(H2,21,26). The van der Waals surface area contributed by atoms with Crippen molar-refractivity contribution < 1.29 is 18.0 Å². The molecular formula is C17H22F3N5OS. The van der Waals surface area contributed by atoms with Crippen LogP contribution < -0.4 is 5.73 Å². The molecular weight excluding hydrogens is 379 g/mol. The third-order valence-electron chi connectivity index (χ3n) is 4.02. The van der Waals surface area contributed by atoms with Crippen LogP contribution in [-0.4, -0.2) is 32.2 Å². The van der Waals surface area contributed by atoms with Crippen molar-refractivity contribution in [3.05, 3.63) is 46.0 Å². The number of benzene rings is 1. The van der Waals surface area contributed by atoms with Crippen LogP contribution in [0.5, 0.6) is 0 Å². The zero-order valence-electron chi connectivity index (χ0n) is 15.2. The Morgan fingerprint density at radius 3 is 2.44 bits per heavy atom. The highest BCUT2D eigenvalue weighted by molar-refractivity contribution is 7.71. The van der Waals surface area contributed by atoms with Crippen LogP contribution in [0.1, 0.15) is 30.3 Å². The Labute approximate surface area is 160 Å². The Balaban J connectivity index is 2.08. The molecule has 148 valence electrons. The summed E-state index contributed by atoms with van der Waals surface area (Å²) < 4.78 is 41.9. The van der Waals surface area contributed by atoms with E-state index in [1.54, 1.807) is 4.68 Å². The van der Waals surface area contributed by atoms with Crippen molar-refractivity contribution >= 4 is 18.1 Å². The summed E-state index contributed by atoms with van der Waals surface area (Å²) >= 11 is 5.43. The monoisotopic (exact) mass is 401 g/mol. The molecule has 0 saturated carbocycles. The number of primary amides is 1. The number of alkyl halides is 3. The van der Waals surface area contributed by atoms with Gasteiger partial charge in [-0.3, -0.25) is 9.69 Å². The van der Waals surface area contributed by atoms with Gasteiger partial charge in [-0.1, -0.05) is 12.1 Å². The van der Waals surface area contributed by atoms with Crippen molar-refractivity contribution in [3.63, 3.8) is 0 Å². The van der Waals surface area contributed by atoms with Gasteiger partial charge in [-0.05, 0) is 43.9 Å². The summed E-state index contributed by atoms with van der Waals surface area (Å²) in [5, 5.41) is 4.46. The van der Waals surface area contributed by atoms with Gasteiger partial charge >= 0.3 is 6.18 Å². The maximum absolute atomic E-state index is 12.6. The first kappa shape index (κ1) is 21.1. The Kier molecular flexibility index (Phi) is 6.77. The molecule has 1 aromatic carbocycles. The molecule has 0 atom stereocenters. The third kappa shape index (κ3) is 5.64. The van der Waals surface area contributed by atoms with Gasteiger partial charge in [-0.25, -0.2) is 4.68 Å². The molecule has 2 rings (SSSR count). The quantitative estimate of drug-likeness (QED) is 0.691. The fourth-order valence-corrected chi connectivity index (χ4v) is 3.04. The SMILES string of the molecule is CCn1c(CCC(N)=O)nn(CN(C)Cc2ccc(C(F)(F)F)cc2)c1=S. The molecule has 0 aliphatic carbocycles. The van der Waals surface area contributed by atoms with E-state index in [1.807, 2.05) is 23.4 Å². The Morgan fingerprint density at radius 2 is 1.93 bits per heavy atom. The number of amides is 1. The molecule has 0 unspecified atom stereocenters. The van der Waals surface area contributed by atoms with Crippen molar-refractivity contribution in [2.45, 2.75) is 45.7 Å². The summed E-state index contributed by atoms with van der Waals surface area (Å²) in [6, 6.07) is 5.06. The molecule has 0 bridgehead atoms. The number of aromatic nitrogens is 3. The van der Waals surface area contributed by atoms with Gasteiger partial charge in [-0.15, -0.1) is 0 Å². The molecule has 1 aromatic heterocycles. The zero-order chi connectivity index (χ0) is 20.2.